The van der Waals surface area contributed by atoms with Crippen molar-refractivity contribution in [1.82, 2.24) is 9.55 Å². The fourth-order valence-electron chi connectivity index (χ4n) is 3.06. The van der Waals surface area contributed by atoms with Gasteiger partial charge in [0.2, 0.25) is 12.7 Å². The number of carbonyl (C=O) groups excluding carboxylic acids is 1. The highest BCUT2D eigenvalue weighted by Gasteiger charge is 2.19. The van der Waals surface area contributed by atoms with Crippen LogP contribution in [0.5, 0.6) is 23.1 Å². The number of aromatic nitrogens is 2. The number of anilines is 1. The molecule has 0 fully saturated rings. The summed E-state index contributed by atoms with van der Waals surface area (Å²) in [5, 5.41) is 2.73. The monoisotopic (exact) mass is 393 g/mol. The quantitative estimate of drug-likeness (QED) is 0.732. The van der Waals surface area contributed by atoms with Gasteiger partial charge in [0.1, 0.15) is 17.0 Å². The van der Waals surface area contributed by atoms with Crippen LogP contribution >= 0.6 is 0 Å². The van der Waals surface area contributed by atoms with Gasteiger partial charge in [0.05, 0.1) is 0 Å². The van der Waals surface area contributed by atoms with E-state index in [9.17, 15) is 9.59 Å². The summed E-state index contributed by atoms with van der Waals surface area (Å²) in [5.41, 5.74) is 1.44. The Bertz CT molecular complexity index is 1170. The average molecular weight is 393 g/mol. The van der Waals surface area contributed by atoms with E-state index in [0.29, 0.717) is 28.5 Å². The number of aryl methyl sites for hydroxylation is 2. The number of ether oxygens (including phenoxy) is 3. The molecule has 8 heteroatoms. The molecule has 2 aromatic heterocycles. The van der Waals surface area contributed by atoms with Crippen LogP contribution in [0.2, 0.25) is 0 Å². The molecule has 0 bridgehead atoms. The second-order valence-electron chi connectivity index (χ2n) is 6.64. The molecule has 3 heterocycles. The highest BCUT2D eigenvalue weighted by molar-refractivity contribution is 6.05. The number of pyridine rings is 2. The van der Waals surface area contributed by atoms with Crippen molar-refractivity contribution in [3.8, 4) is 23.1 Å². The number of hydrogen-bond acceptors (Lipinski definition) is 6. The van der Waals surface area contributed by atoms with Crippen LogP contribution in [0.3, 0.4) is 0 Å². The SMILES string of the molecule is Cc1cc(C)n(C)c(=O)c1C(=O)Nc1cccnc1Oc1ccc2c(c1)OCO2. The normalized spacial score (nSPS) is 12.0. The van der Waals surface area contributed by atoms with Crippen LogP contribution in [-0.2, 0) is 7.05 Å². The van der Waals surface area contributed by atoms with Crippen molar-refractivity contribution >= 4 is 11.6 Å². The van der Waals surface area contributed by atoms with Crippen molar-refractivity contribution in [2.75, 3.05) is 12.1 Å². The van der Waals surface area contributed by atoms with Crippen LogP contribution in [0.15, 0.2) is 47.4 Å². The summed E-state index contributed by atoms with van der Waals surface area (Å²) in [6, 6.07) is 10.3. The number of rotatable bonds is 4. The molecule has 1 aliphatic rings. The lowest BCUT2D eigenvalue weighted by Crippen LogP contribution is -2.30. The third kappa shape index (κ3) is 3.52. The molecule has 8 nitrogen and oxygen atoms in total. The van der Waals surface area contributed by atoms with E-state index in [1.807, 2.05) is 6.92 Å². The number of benzene rings is 1. The van der Waals surface area contributed by atoms with E-state index >= 15 is 0 Å². The van der Waals surface area contributed by atoms with Gasteiger partial charge >= 0.3 is 0 Å². The molecule has 0 saturated carbocycles. The van der Waals surface area contributed by atoms with Crippen LogP contribution in [0, 0.1) is 13.8 Å². The molecule has 29 heavy (non-hydrogen) atoms. The van der Waals surface area contributed by atoms with Crippen molar-refractivity contribution in [1.29, 1.82) is 0 Å². The Morgan fingerprint density at radius 1 is 1.17 bits per heavy atom. The van der Waals surface area contributed by atoms with Crippen molar-refractivity contribution in [2.24, 2.45) is 7.05 Å². The molecule has 0 unspecified atom stereocenters. The zero-order chi connectivity index (χ0) is 20.5. The van der Waals surface area contributed by atoms with Crippen LogP contribution in [0.25, 0.3) is 0 Å². The summed E-state index contributed by atoms with van der Waals surface area (Å²) in [6.07, 6.45) is 1.55. The van der Waals surface area contributed by atoms with Crippen molar-refractivity contribution < 1.29 is 19.0 Å². The van der Waals surface area contributed by atoms with Crippen molar-refractivity contribution in [3.05, 3.63) is 69.8 Å². The number of amides is 1. The molecule has 0 aliphatic carbocycles. The summed E-state index contributed by atoms with van der Waals surface area (Å²) < 4.78 is 17.9. The lowest BCUT2D eigenvalue weighted by molar-refractivity contribution is 0.102. The van der Waals surface area contributed by atoms with Crippen LogP contribution in [0.4, 0.5) is 5.69 Å². The first kappa shape index (κ1) is 18.5. The minimum absolute atomic E-state index is 0.0796. The molecule has 0 radical (unpaired) electrons. The van der Waals surface area contributed by atoms with E-state index < -0.39 is 5.91 Å². The Hall–Kier alpha value is -3.81. The fourth-order valence-corrected chi connectivity index (χ4v) is 3.06. The predicted molar refractivity (Wildman–Crippen MR) is 106 cm³/mol. The maximum absolute atomic E-state index is 12.8. The molecular formula is C21H19N3O5. The Morgan fingerprint density at radius 2 is 1.97 bits per heavy atom. The van der Waals surface area contributed by atoms with Crippen LogP contribution in [0.1, 0.15) is 21.6 Å². The van der Waals surface area contributed by atoms with E-state index in [1.165, 1.54) is 4.57 Å². The lowest BCUT2D eigenvalue weighted by Gasteiger charge is -2.13. The third-order valence-electron chi connectivity index (χ3n) is 4.67. The first-order chi connectivity index (χ1) is 13.9. The first-order valence-corrected chi connectivity index (χ1v) is 8.95. The second-order valence-corrected chi connectivity index (χ2v) is 6.64. The van der Waals surface area contributed by atoms with Crippen LogP contribution < -0.4 is 25.1 Å². The molecule has 0 atom stereocenters. The second kappa shape index (κ2) is 7.31. The summed E-state index contributed by atoms with van der Waals surface area (Å²) in [6.45, 7) is 3.71. The molecule has 1 N–H and O–H groups in total. The molecule has 148 valence electrons. The Kier molecular flexibility index (Phi) is 4.67. The number of hydrogen-bond donors (Lipinski definition) is 1. The molecule has 0 spiro atoms. The van der Waals surface area contributed by atoms with Gasteiger partial charge in [0, 0.05) is 25.0 Å². The third-order valence-corrected chi connectivity index (χ3v) is 4.67. The van der Waals surface area contributed by atoms with Gasteiger partial charge in [-0.05, 0) is 49.7 Å². The average Bonchev–Trinajstić information content (AvgIpc) is 3.15. The molecule has 1 aromatic carbocycles. The minimum Gasteiger partial charge on any atom is -0.454 e. The number of carbonyl (C=O) groups is 1. The number of nitrogens with one attached hydrogen (secondary N) is 1. The fraction of sp³-hybridized carbons (Fsp3) is 0.190. The van der Waals surface area contributed by atoms with Gasteiger partial charge in [0.25, 0.3) is 11.5 Å². The maximum atomic E-state index is 12.8. The lowest BCUT2D eigenvalue weighted by atomic mass is 10.1. The van der Waals surface area contributed by atoms with Gasteiger partial charge in [-0.15, -0.1) is 0 Å². The van der Waals surface area contributed by atoms with E-state index in [1.54, 1.807) is 56.6 Å². The summed E-state index contributed by atoms with van der Waals surface area (Å²) in [7, 11) is 1.63. The van der Waals surface area contributed by atoms with E-state index in [4.69, 9.17) is 14.2 Å². The molecular weight excluding hydrogens is 374 g/mol. The standard InChI is InChI=1S/C21H19N3O5/c1-12-9-13(2)24(3)21(26)18(12)19(25)23-15-5-4-8-22-20(15)29-14-6-7-16-17(10-14)28-11-27-16/h4-10H,11H2,1-3H3,(H,23,25). The topological polar surface area (TPSA) is 91.7 Å². The van der Waals surface area contributed by atoms with Gasteiger partial charge in [-0.1, -0.05) is 0 Å². The van der Waals surface area contributed by atoms with Gasteiger partial charge < -0.3 is 24.1 Å². The highest BCUT2D eigenvalue weighted by atomic mass is 16.7. The summed E-state index contributed by atoms with van der Waals surface area (Å²) >= 11 is 0. The van der Waals surface area contributed by atoms with Crippen molar-refractivity contribution in [2.45, 2.75) is 13.8 Å². The molecule has 3 aromatic rings. The van der Waals surface area contributed by atoms with Gasteiger partial charge in [-0.3, -0.25) is 9.59 Å². The predicted octanol–water partition coefficient (Wildman–Crippen LogP) is 3.17. The minimum atomic E-state index is -0.522. The first-order valence-electron chi connectivity index (χ1n) is 8.95. The van der Waals surface area contributed by atoms with Gasteiger partial charge in [0.15, 0.2) is 11.5 Å². The van der Waals surface area contributed by atoms with Crippen LogP contribution in [-0.4, -0.2) is 22.3 Å². The Balaban J connectivity index is 1.62. The van der Waals surface area contributed by atoms with E-state index in [-0.39, 0.29) is 23.8 Å². The van der Waals surface area contributed by atoms with E-state index in [2.05, 4.69) is 10.3 Å². The highest BCUT2D eigenvalue weighted by Crippen LogP contribution is 2.37. The summed E-state index contributed by atoms with van der Waals surface area (Å²) in [4.78, 5) is 29.6. The zero-order valence-electron chi connectivity index (χ0n) is 16.2. The molecule has 1 aliphatic heterocycles. The smallest absolute Gasteiger partial charge is 0.263 e. The maximum Gasteiger partial charge on any atom is 0.263 e. The van der Waals surface area contributed by atoms with Crippen molar-refractivity contribution in [3.63, 3.8) is 0 Å². The number of fused-ring (bicyclic) bond motifs is 1. The summed E-state index contributed by atoms with van der Waals surface area (Å²) in [5.74, 6) is 1.36. The Morgan fingerprint density at radius 3 is 2.79 bits per heavy atom. The van der Waals surface area contributed by atoms with Gasteiger partial charge in [-0.2, -0.15) is 0 Å². The Labute approximate surface area is 166 Å². The molecule has 4 rings (SSSR count). The zero-order valence-corrected chi connectivity index (χ0v) is 16.2. The largest absolute Gasteiger partial charge is 0.454 e. The molecule has 0 saturated heterocycles. The number of nitrogens with zero attached hydrogens (tertiary/aromatic N) is 2. The van der Waals surface area contributed by atoms with Gasteiger partial charge in [-0.25, -0.2) is 4.98 Å². The molecule has 1 amide bonds. The van der Waals surface area contributed by atoms with E-state index in [0.717, 1.165) is 5.69 Å².